The van der Waals surface area contributed by atoms with Gasteiger partial charge in [0.1, 0.15) is 5.25 Å². The van der Waals surface area contributed by atoms with E-state index >= 15 is 0 Å². The highest BCUT2D eigenvalue weighted by molar-refractivity contribution is 8.00. The topological polar surface area (TPSA) is 67.9 Å². The number of aromatic nitrogens is 3. The number of esters is 1. The molecule has 0 unspecified atom stereocenters. The molecule has 1 atom stereocenters. The molecule has 1 N–H and O–H groups in total. The van der Waals surface area contributed by atoms with Crippen LogP contribution >= 0.6 is 11.8 Å². The fourth-order valence-corrected chi connectivity index (χ4v) is 3.14. The van der Waals surface area contributed by atoms with E-state index in [-0.39, 0.29) is 5.97 Å². The Morgan fingerprint density at radius 1 is 1.12 bits per heavy atom. The van der Waals surface area contributed by atoms with Crippen LogP contribution < -0.4 is 0 Å². The first-order chi connectivity index (χ1) is 11.8. The molecule has 122 valence electrons. The Morgan fingerprint density at radius 2 is 1.79 bits per heavy atom. The zero-order chi connectivity index (χ0) is 16.8. The maximum Gasteiger partial charge on any atom is 0.324 e. The molecule has 0 radical (unpaired) electrons. The molecule has 24 heavy (non-hydrogen) atoms. The van der Waals surface area contributed by atoms with Crippen molar-refractivity contribution >= 4 is 17.7 Å². The molecule has 0 bridgehead atoms. The quantitative estimate of drug-likeness (QED) is 0.545. The van der Waals surface area contributed by atoms with Crippen LogP contribution in [0.25, 0.3) is 11.4 Å². The van der Waals surface area contributed by atoms with Gasteiger partial charge in [0.25, 0.3) is 0 Å². The molecule has 0 aliphatic heterocycles. The number of rotatable bonds is 6. The molecule has 0 aliphatic rings. The van der Waals surface area contributed by atoms with Crippen molar-refractivity contribution in [3.05, 3.63) is 66.2 Å². The number of thioether (sulfide) groups is 1. The van der Waals surface area contributed by atoms with Gasteiger partial charge in [-0.15, -0.1) is 5.10 Å². The highest BCUT2D eigenvalue weighted by Crippen LogP contribution is 2.35. The van der Waals surface area contributed by atoms with E-state index in [0.29, 0.717) is 17.6 Å². The van der Waals surface area contributed by atoms with Crippen LogP contribution in [0.1, 0.15) is 17.7 Å². The van der Waals surface area contributed by atoms with E-state index in [4.69, 9.17) is 4.74 Å². The number of aromatic amines is 1. The number of H-pyrrole nitrogens is 1. The fraction of sp³-hybridized carbons (Fsp3) is 0.167. The van der Waals surface area contributed by atoms with Gasteiger partial charge in [0, 0.05) is 5.56 Å². The van der Waals surface area contributed by atoms with Gasteiger partial charge in [-0.25, -0.2) is 4.98 Å². The molecule has 0 fully saturated rings. The Balaban J connectivity index is 1.83. The number of benzene rings is 2. The lowest BCUT2D eigenvalue weighted by atomic mass is 10.1. The third-order valence-electron chi connectivity index (χ3n) is 3.34. The summed E-state index contributed by atoms with van der Waals surface area (Å²) in [5.41, 5.74) is 1.82. The standard InChI is InChI=1S/C18H17N3O2S/c1-2-23-17(22)15(13-9-5-3-6-10-13)24-18-19-16(20-21-18)14-11-7-4-8-12-14/h3-12,15H,2H2,1H3,(H,19,20,21)/t15-/m0/s1. The zero-order valence-corrected chi connectivity index (χ0v) is 14.0. The lowest BCUT2D eigenvalue weighted by Crippen LogP contribution is -2.13. The summed E-state index contributed by atoms with van der Waals surface area (Å²) in [6.45, 7) is 2.14. The van der Waals surface area contributed by atoms with Gasteiger partial charge in [0.15, 0.2) is 5.82 Å². The molecule has 6 heteroatoms. The SMILES string of the molecule is CCOC(=O)[C@@H](Sc1n[nH]c(-c2ccccc2)n1)c1ccccc1. The van der Waals surface area contributed by atoms with Gasteiger partial charge >= 0.3 is 5.97 Å². The van der Waals surface area contributed by atoms with Crippen LogP contribution in [0.15, 0.2) is 65.8 Å². The summed E-state index contributed by atoms with van der Waals surface area (Å²) in [5.74, 6) is 0.383. The van der Waals surface area contributed by atoms with Crippen molar-refractivity contribution in [1.29, 1.82) is 0 Å². The zero-order valence-electron chi connectivity index (χ0n) is 13.2. The first kappa shape index (κ1) is 16.3. The van der Waals surface area contributed by atoms with Crippen LogP contribution in [-0.4, -0.2) is 27.8 Å². The van der Waals surface area contributed by atoms with E-state index in [1.165, 1.54) is 11.8 Å². The maximum absolute atomic E-state index is 12.3. The molecule has 1 aromatic heterocycles. The minimum absolute atomic E-state index is 0.292. The molecule has 0 amide bonds. The van der Waals surface area contributed by atoms with Crippen molar-refractivity contribution in [2.24, 2.45) is 0 Å². The number of nitrogens with one attached hydrogen (secondary N) is 1. The molecule has 0 aliphatic carbocycles. The Labute approximate surface area is 144 Å². The van der Waals surface area contributed by atoms with Crippen molar-refractivity contribution in [2.75, 3.05) is 6.61 Å². The minimum Gasteiger partial charge on any atom is -0.465 e. The number of ether oxygens (including phenoxy) is 1. The van der Waals surface area contributed by atoms with Gasteiger partial charge < -0.3 is 4.74 Å². The minimum atomic E-state index is -0.495. The van der Waals surface area contributed by atoms with E-state index in [1.807, 2.05) is 60.7 Å². The van der Waals surface area contributed by atoms with Gasteiger partial charge in [-0.2, -0.15) is 0 Å². The molecule has 3 rings (SSSR count). The first-order valence-electron chi connectivity index (χ1n) is 7.64. The van der Waals surface area contributed by atoms with Crippen LogP contribution in [0.2, 0.25) is 0 Å². The number of carbonyl (C=O) groups excluding carboxylic acids is 1. The van der Waals surface area contributed by atoms with E-state index in [0.717, 1.165) is 11.1 Å². The summed E-state index contributed by atoms with van der Waals surface area (Å²) in [5, 5.41) is 7.15. The summed E-state index contributed by atoms with van der Waals surface area (Å²) in [7, 11) is 0. The predicted molar refractivity (Wildman–Crippen MR) is 93.5 cm³/mol. The normalized spacial score (nSPS) is 11.9. The summed E-state index contributed by atoms with van der Waals surface area (Å²) in [6.07, 6.45) is 0. The highest BCUT2D eigenvalue weighted by atomic mass is 32.2. The number of nitrogens with zero attached hydrogens (tertiary/aromatic N) is 2. The van der Waals surface area contributed by atoms with E-state index in [9.17, 15) is 4.79 Å². The van der Waals surface area contributed by atoms with Gasteiger partial charge in [0.2, 0.25) is 5.16 Å². The Hall–Kier alpha value is -2.60. The van der Waals surface area contributed by atoms with Gasteiger partial charge in [-0.05, 0) is 12.5 Å². The molecule has 2 aromatic carbocycles. The summed E-state index contributed by atoms with van der Waals surface area (Å²) in [6, 6.07) is 19.2. The largest absolute Gasteiger partial charge is 0.465 e. The van der Waals surface area contributed by atoms with Crippen molar-refractivity contribution in [1.82, 2.24) is 15.2 Å². The number of hydrogen-bond acceptors (Lipinski definition) is 5. The van der Waals surface area contributed by atoms with Crippen molar-refractivity contribution in [3.8, 4) is 11.4 Å². The molecular weight excluding hydrogens is 322 g/mol. The van der Waals surface area contributed by atoms with Crippen LogP contribution in [-0.2, 0) is 9.53 Å². The van der Waals surface area contributed by atoms with Crippen molar-refractivity contribution < 1.29 is 9.53 Å². The average molecular weight is 339 g/mol. The molecule has 3 aromatic rings. The maximum atomic E-state index is 12.3. The number of hydrogen-bond donors (Lipinski definition) is 1. The molecule has 0 saturated carbocycles. The smallest absolute Gasteiger partial charge is 0.324 e. The summed E-state index contributed by atoms with van der Waals surface area (Å²) in [4.78, 5) is 16.8. The van der Waals surface area contributed by atoms with Crippen molar-refractivity contribution in [3.63, 3.8) is 0 Å². The molecule has 0 saturated heterocycles. The Morgan fingerprint density at radius 3 is 2.46 bits per heavy atom. The summed E-state index contributed by atoms with van der Waals surface area (Å²) >= 11 is 1.28. The van der Waals surface area contributed by atoms with E-state index < -0.39 is 5.25 Å². The van der Waals surface area contributed by atoms with Crippen molar-refractivity contribution in [2.45, 2.75) is 17.3 Å². The monoisotopic (exact) mass is 339 g/mol. The lowest BCUT2D eigenvalue weighted by Gasteiger charge is -2.13. The van der Waals surface area contributed by atoms with Gasteiger partial charge in [-0.3, -0.25) is 9.89 Å². The fourth-order valence-electron chi connectivity index (χ4n) is 2.23. The van der Waals surface area contributed by atoms with Gasteiger partial charge in [-0.1, -0.05) is 72.4 Å². The highest BCUT2D eigenvalue weighted by Gasteiger charge is 2.25. The summed E-state index contributed by atoms with van der Waals surface area (Å²) < 4.78 is 5.20. The second-order valence-electron chi connectivity index (χ2n) is 4.99. The molecule has 0 spiro atoms. The lowest BCUT2D eigenvalue weighted by molar-refractivity contribution is -0.142. The van der Waals surface area contributed by atoms with E-state index in [2.05, 4.69) is 15.2 Å². The second kappa shape index (κ2) is 7.79. The molecular formula is C18H17N3O2S. The molecule has 1 heterocycles. The van der Waals surface area contributed by atoms with Crippen LogP contribution in [0, 0.1) is 0 Å². The van der Waals surface area contributed by atoms with Crippen LogP contribution in [0.3, 0.4) is 0 Å². The number of carbonyl (C=O) groups is 1. The first-order valence-corrected chi connectivity index (χ1v) is 8.52. The Bertz CT molecular complexity index is 790. The second-order valence-corrected chi connectivity index (χ2v) is 6.07. The van der Waals surface area contributed by atoms with Crippen LogP contribution in [0.4, 0.5) is 0 Å². The molecule has 5 nitrogen and oxygen atoms in total. The van der Waals surface area contributed by atoms with Gasteiger partial charge in [0.05, 0.1) is 6.61 Å². The third kappa shape index (κ3) is 3.83. The van der Waals surface area contributed by atoms with Crippen LogP contribution in [0.5, 0.6) is 0 Å². The van der Waals surface area contributed by atoms with E-state index in [1.54, 1.807) is 6.92 Å². The predicted octanol–water partition coefficient (Wildman–Crippen LogP) is 3.87. The average Bonchev–Trinajstić information content (AvgIpc) is 3.10. The third-order valence-corrected chi connectivity index (χ3v) is 4.43. The Kier molecular flexibility index (Phi) is 5.28.